The van der Waals surface area contributed by atoms with E-state index in [1.807, 2.05) is 0 Å². The minimum atomic E-state index is 0.785. The zero-order valence-corrected chi connectivity index (χ0v) is 13.8. The first-order valence-corrected chi connectivity index (χ1v) is 9.62. The average molecular weight is 284 g/mol. The van der Waals surface area contributed by atoms with E-state index in [9.17, 15) is 0 Å². The molecular weight excluding hydrogens is 250 g/mol. The van der Waals surface area contributed by atoms with E-state index in [0.717, 1.165) is 29.0 Å². The van der Waals surface area contributed by atoms with Gasteiger partial charge >= 0.3 is 0 Å². The zero-order chi connectivity index (χ0) is 13.5. The fraction of sp³-hybridized carbons (Fsp3) is 1.00. The van der Waals surface area contributed by atoms with E-state index in [-0.39, 0.29) is 0 Å². The molecule has 112 valence electrons. The van der Waals surface area contributed by atoms with Crippen LogP contribution in [0.2, 0.25) is 0 Å². The fourth-order valence-electron chi connectivity index (χ4n) is 3.86. The normalized spacial score (nSPS) is 37.6. The molecule has 2 rings (SSSR count). The van der Waals surface area contributed by atoms with Gasteiger partial charge in [0.25, 0.3) is 0 Å². The molecule has 2 fully saturated rings. The molecule has 0 radical (unpaired) electrons. The van der Waals surface area contributed by atoms with E-state index in [4.69, 9.17) is 0 Å². The Bertz CT molecular complexity index is 243. The second-order valence-electron chi connectivity index (χ2n) is 6.72. The fourth-order valence-corrected chi connectivity index (χ4v) is 5.82. The third kappa shape index (κ3) is 5.30. The minimum Gasteiger partial charge on any atom is -0.313 e. The van der Waals surface area contributed by atoms with Gasteiger partial charge in [0.05, 0.1) is 0 Å². The van der Waals surface area contributed by atoms with Crippen molar-refractivity contribution in [2.45, 2.75) is 94.6 Å². The first-order valence-electron chi connectivity index (χ1n) is 8.68. The van der Waals surface area contributed by atoms with Crippen molar-refractivity contribution in [1.29, 1.82) is 0 Å². The van der Waals surface area contributed by atoms with Crippen LogP contribution in [0.3, 0.4) is 0 Å². The van der Waals surface area contributed by atoms with Gasteiger partial charge in [0.15, 0.2) is 0 Å². The maximum Gasteiger partial charge on any atom is 0.0203 e. The first-order chi connectivity index (χ1) is 9.29. The van der Waals surface area contributed by atoms with Crippen molar-refractivity contribution >= 4 is 11.8 Å². The molecule has 2 aliphatic rings. The van der Waals surface area contributed by atoms with E-state index in [1.165, 1.54) is 64.2 Å². The second kappa shape index (κ2) is 8.56. The van der Waals surface area contributed by atoms with Gasteiger partial charge in [-0.15, -0.1) is 0 Å². The standard InChI is InChI=1S/C17H33NS/c1-3-18-16-11-6-4-5-7-12-17(16)19-15-10-8-9-14(2)13-15/h14-18H,3-13H2,1-2H3. The van der Waals surface area contributed by atoms with Gasteiger partial charge in [-0.2, -0.15) is 11.8 Å². The number of hydrogen-bond donors (Lipinski definition) is 1. The van der Waals surface area contributed by atoms with Crippen molar-refractivity contribution in [3.63, 3.8) is 0 Å². The van der Waals surface area contributed by atoms with E-state index < -0.39 is 0 Å². The van der Waals surface area contributed by atoms with Gasteiger partial charge in [0.2, 0.25) is 0 Å². The van der Waals surface area contributed by atoms with Crippen LogP contribution in [0.25, 0.3) is 0 Å². The Labute approximate surface area is 124 Å². The van der Waals surface area contributed by atoms with Gasteiger partial charge in [-0.25, -0.2) is 0 Å². The Morgan fingerprint density at radius 1 is 0.947 bits per heavy atom. The molecule has 0 aromatic rings. The first kappa shape index (κ1) is 15.7. The number of thioether (sulfide) groups is 1. The Morgan fingerprint density at radius 2 is 1.74 bits per heavy atom. The molecule has 0 heterocycles. The maximum atomic E-state index is 3.78. The van der Waals surface area contributed by atoms with Crippen LogP contribution < -0.4 is 5.32 Å². The lowest BCUT2D eigenvalue weighted by Crippen LogP contribution is -2.40. The molecular formula is C17H33NS. The lowest BCUT2D eigenvalue weighted by molar-refractivity contribution is 0.383. The predicted octanol–water partition coefficient (Wildman–Crippen LogP) is 5.00. The molecule has 0 aromatic carbocycles. The van der Waals surface area contributed by atoms with Crippen LogP contribution in [0.15, 0.2) is 0 Å². The van der Waals surface area contributed by atoms with Crippen LogP contribution in [0.5, 0.6) is 0 Å². The van der Waals surface area contributed by atoms with Crippen LogP contribution in [0, 0.1) is 5.92 Å². The molecule has 0 spiro atoms. The Morgan fingerprint density at radius 3 is 2.47 bits per heavy atom. The highest BCUT2D eigenvalue weighted by atomic mass is 32.2. The highest BCUT2D eigenvalue weighted by Gasteiger charge is 2.27. The van der Waals surface area contributed by atoms with Crippen LogP contribution in [-0.2, 0) is 0 Å². The summed E-state index contributed by atoms with van der Waals surface area (Å²) in [5.74, 6) is 0.970. The summed E-state index contributed by atoms with van der Waals surface area (Å²) in [4.78, 5) is 0. The third-order valence-electron chi connectivity index (χ3n) is 4.92. The molecule has 0 saturated heterocycles. The Kier molecular flexibility index (Phi) is 7.07. The van der Waals surface area contributed by atoms with Crippen LogP contribution in [-0.4, -0.2) is 23.1 Å². The molecule has 4 unspecified atom stereocenters. The van der Waals surface area contributed by atoms with E-state index >= 15 is 0 Å². The predicted molar refractivity (Wildman–Crippen MR) is 88.0 cm³/mol. The summed E-state index contributed by atoms with van der Waals surface area (Å²) in [6.07, 6.45) is 14.6. The SMILES string of the molecule is CCNC1CCCCCCC1SC1CCCC(C)C1. The monoisotopic (exact) mass is 283 g/mol. The van der Waals surface area contributed by atoms with Crippen molar-refractivity contribution in [3.05, 3.63) is 0 Å². The lowest BCUT2D eigenvalue weighted by Gasteiger charge is -2.35. The van der Waals surface area contributed by atoms with Crippen molar-refractivity contribution in [1.82, 2.24) is 5.32 Å². The van der Waals surface area contributed by atoms with Gasteiger partial charge in [-0.1, -0.05) is 52.4 Å². The number of hydrogen-bond acceptors (Lipinski definition) is 2. The summed E-state index contributed by atoms with van der Waals surface area (Å²) in [6.45, 7) is 5.86. The molecule has 1 nitrogen and oxygen atoms in total. The van der Waals surface area contributed by atoms with Crippen molar-refractivity contribution in [3.8, 4) is 0 Å². The largest absolute Gasteiger partial charge is 0.313 e. The van der Waals surface area contributed by atoms with Crippen molar-refractivity contribution in [2.24, 2.45) is 5.92 Å². The quantitative estimate of drug-likeness (QED) is 0.779. The van der Waals surface area contributed by atoms with Crippen LogP contribution in [0.4, 0.5) is 0 Å². The molecule has 4 atom stereocenters. The lowest BCUT2D eigenvalue weighted by atomic mass is 9.90. The second-order valence-corrected chi connectivity index (χ2v) is 8.27. The van der Waals surface area contributed by atoms with Crippen LogP contribution in [0.1, 0.15) is 78.1 Å². The summed E-state index contributed by atoms with van der Waals surface area (Å²) in [5, 5.41) is 5.62. The smallest absolute Gasteiger partial charge is 0.0203 e. The van der Waals surface area contributed by atoms with E-state index in [1.54, 1.807) is 0 Å². The molecule has 0 amide bonds. The van der Waals surface area contributed by atoms with Gasteiger partial charge in [-0.3, -0.25) is 0 Å². The zero-order valence-electron chi connectivity index (χ0n) is 13.0. The number of nitrogens with one attached hydrogen (secondary N) is 1. The average Bonchev–Trinajstić information content (AvgIpc) is 2.37. The Hall–Kier alpha value is 0.310. The van der Waals surface area contributed by atoms with Gasteiger partial charge < -0.3 is 5.32 Å². The van der Waals surface area contributed by atoms with E-state index in [0.29, 0.717) is 0 Å². The Balaban J connectivity index is 1.88. The van der Waals surface area contributed by atoms with Gasteiger partial charge in [0, 0.05) is 16.5 Å². The van der Waals surface area contributed by atoms with Gasteiger partial charge in [0.1, 0.15) is 0 Å². The van der Waals surface area contributed by atoms with Crippen molar-refractivity contribution in [2.75, 3.05) is 6.54 Å². The third-order valence-corrected chi connectivity index (χ3v) is 6.65. The molecule has 0 aliphatic heterocycles. The molecule has 2 heteroatoms. The minimum absolute atomic E-state index is 0.785. The number of rotatable bonds is 4. The summed E-state index contributed by atoms with van der Waals surface area (Å²) in [7, 11) is 0. The van der Waals surface area contributed by atoms with E-state index in [2.05, 4.69) is 30.9 Å². The molecule has 1 N–H and O–H groups in total. The summed E-state index contributed by atoms with van der Waals surface area (Å²) < 4.78 is 0. The summed E-state index contributed by atoms with van der Waals surface area (Å²) in [6, 6.07) is 0.785. The molecule has 2 aliphatic carbocycles. The maximum absolute atomic E-state index is 3.78. The molecule has 0 bridgehead atoms. The topological polar surface area (TPSA) is 12.0 Å². The summed E-state index contributed by atoms with van der Waals surface area (Å²) in [5.41, 5.74) is 0. The molecule has 2 saturated carbocycles. The highest BCUT2D eigenvalue weighted by Crippen LogP contribution is 2.38. The summed E-state index contributed by atoms with van der Waals surface area (Å²) >= 11 is 2.35. The van der Waals surface area contributed by atoms with Gasteiger partial charge in [-0.05, 0) is 38.1 Å². The van der Waals surface area contributed by atoms with Crippen molar-refractivity contribution < 1.29 is 0 Å². The molecule has 19 heavy (non-hydrogen) atoms. The highest BCUT2D eigenvalue weighted by molar-refractivity contribution is 8.00. The van der Waals surface area contributed by atoms with Crippen LogP contribution >= 0.6 is 11.8 Å². The molecule has 0 aromatic heterocycles.